The third kappa shape index (κ3) is 3.36. The molecule has 0 aromatic heterocycles. The molecule has 116 valence electrons. The highest BCUT2D eigenvalue weighted by atomic mass is 35.5. The van der Waals surface area contributed by atoms with Crippen LogP contribution in [0.5, 0.6) is 5.75 Å². The maximum atomic E-state index is 9.82. The minimum atomic E-state index is -0.593. The molecule has 1 aromatic carbocycles. The number of benzene rings is 1. The van der Waals surface area contributed by atoms with Crippen molar-refractivity contribution in [3.63, 3.8) is 0 Å². The van der Waals surface area contributed by atoms with Gasteiger partial charge >= 0.3 is 0 Å². The van der Waals surface area contributed by atoms with E-state index in [2.05, 4.69) is 0 Å². The van der Waals surface area contributed by atoms with Crippen molar-refractivity contribution in [1.29, 1.82) is 0 Å². The van der Waals surface area contributed by atoms with Crippen LogP contribution in [0.4, 0.5) is 0 Å². The van der Waals surface area contributed by atoms with Gasteiger partial charge in [0, 0.05) is 10.6 Å². The van der Waals surface area contributed by atoms with Gasteiger partial charge in [-0.3, -0.25) is 0 Å². The van der Waals surface area contributed by atoms with Gasteiger partial charge in [-0.15, -0.1) is 0 Å². The van der Waals surface area contributed by atoms with Crippen molar-refractivity contribution in [3.05, 3.63) is 28.8 Å². The van der Waals surface area contributed by atoms with E-state index in [1.54, 1.807) is 19.1 Å². The average molecular weight is 311 g/mol. The maximum absolute atomic E-state index is 9.82. The Balaban J connectivity index is 1.61. The highest BCUT2D eigenvalue weighted by molar-refractivity contribution is 6.30. The van der Waals surface area contributed by atoms with E-state index in [0.717, 1.165) is 18.4 Å². The Bertz CT molecular complexity index is 495. The van der Waals surface area contributed by atoms with Gasteiger partial charge in [0.25, 0.3) is 0 Å². The van der Waals surface area contributed by atoms with Crippen molar-refractivity contribution >= 4 is 11.6 Å². The Morgan fingerprint density at radius 2 is 2.14 bits per heavy atom. The van der Waals surface area contributed by atoms with Gasteiger partial charge in [0.05, 0.1) is 17.8 Å². The van der Waals surface area contributed by atoms with E-state index in [-0.39, 0.29) is 11.7 Å². The lowest BCUT2D eigenvalue weighted by molar-refractivity contribution is -0.0511. The van der Waals surface area contributed by atoms with Crippen LogP contribution in [0.2, 0.25) is 5.02 Å². The highest BCUT2D eigenvalue weighted by Crippen LogP contribution is 2.43. The topological polar surface area (TPSA) is 38.7 Å². The number of aliphatic hydroxyl groups is 1. The Labute approximate surface area is 131 Å². The van der Waals surface area contributed by atoms with E-state index in [0.29, 0.717) is 17.4 Å². The average Bonchev–Trinajstić information content (AvgIpc) is 3.08. The molecule has 1 aliphatic heterocycles. The fourth-order valence-electron chi connectivity index (χ4n) is 3.56. The summed E-state index contributed by atoms with van der Waals surface area (Å²) in [6.07, 6.45) is 6.77. The van der Waals surface area contributed by atoms with Crippen molar-refractivity contribution in [2.75, 3.05) is 6.61 Å². The molecule has 21 heavy (non-hydrogen) atoms. The first-order valence-electron chi connectivity index (χ1n) is 7.86. The number of hydrogen-bond acceptors (Lipinski definition) is 3. The molecular formula is C17H23ClO3. The second-order valence-electron chi connectivity index (χ2n) is 6.34. The summed E-state index contributed by atoms with van der Waals surface area (Å²) >= 11 is 5.98. The molecule has 3 rings (SSSR count). The van der Waals surface area contributed by atoms with Gasteiger partial charge in [-0.25, -0.2) is 0 Å². The Hall–Kier alpha value is -0.770. The van der Waals surface area contributed by atoms with E-state index >= 15 is 0 Å². The van der Waals surface area contributed by atoms with Crippen LogP contribution < -0.4 is 4.74 Å². The van der Waals surface area contributed by atoms with Crippen LogP contribution in [0.3, 0.4) is 0 Å². The third-order valence-corrected chi connectivity index (χ3v) is 4.94. The minimum Gasteiger partial charge on any atom is -0.490 e. The van der Waals surface area contributed by atoms with E-state index in [1.807, 2.05) is 6.07 Å². The van der Waals surface area contributed by atoms with Gasteiger partial charge in [-0.2, -0.15) is 0 Å². The molecule has 1 heterocycles. The van der Waals surface area contributed by atoms with E-state index in [9.17, 15) is 5.11 Å². The lowest BCUT2D eigenvalue weighted by Gasteiger charge is -2.24. The predicted molar refractivity (Wildman–Crippen MR) is 82.9 cm³/mol. The number of ether oxygens (including phenoxy) is 2. The second-order valence-corrected chi connectivity index (χ2v) is 6.77. The van der Waals surface area contributed by atoms with Crippen LogP contribution in [0.25, 0.3) is 0 Å². The summed E-state index contributed by atoms with van der Waals surface area (Å²) in [6.45, 7) is 2.27. The molecule has 2 atom stereocenters. The van der Waals surface area contributed by atoms with Crippen molar-refractivity contribution in [2.24, 2.45) is 0 Å². The predicted octanol–water partition coefficient (Wildman–Crippen LogP) is 4.26. The molecule has 1 aliphatic carbocycles. The molecule has 1 N–H and O–H groups in total. The zero-order valence-electron chi connectivity index (χ0n) is 12.5. The largest absolute Gasteiger partial charge is 0.490 e. The van der Waals surface area contributed by atoms with Gasteiger partial charge in [0.2, 0.25) is 0 Å². The van der Waals surface area contributed by atoms with Gasteiger partial charge in [0.1, 0.15) is 12.4 Å². The summed E-state index contributed by atoms with van der Waals surface area (Å²) in [5, 5.41) is 10.4. The number of halogens is 1. The molecule has 2 fully saturated rings. The van der Waals surface area contributed by atoms with Crippen molar-refractivity contribution < 1.29 is 14.6 Å². The molecular weight excluding hydrogens is 288 g/mol. The van der Waals surface area contributed by atoms with Crippen LogP contribution in [0.1, 0.15) is 57.1 Å². The Kier molecular flexibility index (Phi) is 4.43. The molecule has 3 nitrogen and oxygen atoms in total. The fourth-order valence-corrected chi connectivity index (χ4v) is 3.74. The maximum Gasteiger partial charge on any atom is 0.125 e. The first kappa shape index (κ1) is 15.1. The van der Waals surface area contributed by atoms with Crippen LogP contribution in [0, 0.1) is 0 Å². The van der Waals surface area contributed by atoms with Gasteiger partial charge < -0.3 is 14.6 Å². The SMILES string of the molecule is C[C@@H](O)c1cc(Cl)ccc1OCC1CCC2(CCCC2)O1. The summed E-state index contributed by atoms with van der Waals surface area (Å²) in [7, 11) is 0. The zero-order valence-corrected chi connectivity index (χ0v) is 13.2. The van der Waals surface area contributed by atoms with Crippen molar-refractivity contribution in [3.8, 4) is 5.75 Å². The Morgan fingerprint density at radius 3 is 2.86 bits per heavy atom. The highest BCUT2D eigenvalue weighted by Gasteiger charge is 2.42. The summed E-state index contributed by atoms with van der Waals surface area (Å²) in [6, 6.07) is 5.37. The molecule has 0 amide bonds. The molecule has 1 aromatic rings. The monoisotopic (exact) mass is 310 g/mol. The summed E-state index contributed by atoms with van der Waals surface area (Å²) < 4.78 is 12.1. The minimum absolute atomic E-state index is 0.140. The molecule has 1 saturated carbocycles. The second kappa shape index (κ2) is 6.15. The standard InChI is InChI=1S/C17H23ClO3/c1-12(19)15-10-13(18)4-5-16(15)20-11-14-6-9-17(21-14)7-2-3-8-17/h4-5,10,12,14,19H,2-3,6-9,11H2,1H3/t12-,14?/m1/s1. The smallest absolute Gasteiger partial charge is 0.125 e. The van der Waals surface area contributed by atoms with E-state index in [4.69, 9.17) is 21.1 Å². The normalized spacial score (nSPS) is 25.4. The number of aliphatic hydroxyl groups excluding tert-OH is 1. The molecule has 2 aliphatic rings. The molecule has 1 unspecified atom stereocenters. The lowest BCUT2D eigenvalue weighted by Crippen LogP contribution is -2.27. The Morgan fingerprint density at radius 1 is 1.38 bits per heavy atom. The molecule has 0 bridgehead atoms. The quantitative estimate of drug-likeness (QED) is 0.903. The van der Waals surface area contributed by atoms with Crippen molar-refractivity contribution in [1.82, 2.24) is 0 Å². The number of hydrogen-bond donors (Lipinski definition) is 1. The van der Waals surface area contributed by atoms with E-state index in [1.165, 1.54) is 25.7 Å². The summed E-state index contributed by atoms with van der Waals surface area (Å²) in [5.74, 6) is 0.699. The van der Waals surface area contributed by atoms with Gasteiger partial charge in [-0.1, -0.05) is 24.4 Å². The summed E-state index contributed by atoms with van der Waals surface area (Å²) in [5.41, 5.74) is 0.872. The molecule has 1 spiro atoms. The molecule has 0 radical (unpaired) electrons. The van der Waals surface area contributed by atoms with Gasteiger partial charge in [0.15, 0.2) is 0 Å². The number of rotatable bonds is 4. The van der Waals surface area contributed by atoms with Gasteiger partial charge in [-0.05, 0) is 50.8 Å². The van der Waals surface area contributed by atoms with Crippen LogP contribution in [-0.2, 0) is 4.74 Å². The fraction of sp³-hybridized carbons (Fsp3) is 0.647. The molecule has 4 heteroatoms. The summed E-state index contributed by atoms with van der Waals surface area (Å²) in [4.78, 5) is 0. The van der Waals surface area contributed by atoms with Crippen LogP contribution in [-0.4, -0.2) is 23.4 Å². The zero-order chi connectivity index (χ0) is 14.9. The van der Waals surface area contributed by atoms with Crippen LogP contribution in [0.15, 0.2) is 18.2 Å². The molecule has 1 saturated heterocycles. The first-order valence-corrected chi connectivity index (χ1v) is 8.24. The van der Waals surface area contributed by atoms with Crippen molar-refractivity contribution in [2.45, 2.75) is 63.3 Å². The third-order valence-electron chi connectivity index (χ3n) is 4.70. The first-order chi connectivity index (χ1) is 10.1. The lowest BCUT2D eigenvalue weighted by atomic mass is 9.98. The van der Waals surface area contributed by atoms with E-state index < -0.39 is 6.10 Å². The van der Waals surface area contributed by atoms with Crippen LogP contribution >= 0.6 is 11.6 Å².